The average Bonchev–Trinajstić information content (AvgIpc) is 1.86. The van der Waals surface area contributed by atoms with Crippen LogP contribution in [0, 0.1) is 0 Å². The van der Waals surface area contributed by atoms with E-state index in [0.29, 0.717) is 11.0 Å². The first-order valence-corrected chi connectivity index (χ1v) is 5.58. The molecule has 0 spiro atoms. The first-order valence-electron chi connectivity index (χ1n) is 4.20. The van der Waals surface area contributed by atoms with Crippen molar-refractivity contribution in [3.63, 3.8) is 0 Å². The summed E-state index contributed by atoms with van der Waals surface area (Å²) in [5, 5.41) is 0.311. The van der Waals surface area contributed by atoms with E-state index in [1.807, 2.05) is 13.8 Å². The lowest BCUT2D eigenvalue weighted by Crippen LogP contribution is -2.27. The molecule has 0 aromatic carbocycles. The number of nitrogens with two attached hydrogens (primary N) is 1. The van der Waals surface area contributed by atoms with Gasteiger partial charge in [0.05, 0.1) is 0 Å². The first kappa shape index (κ1) is 11.1. The van der Waals surface area contributed by atoms with Gasteiger partial charge >= 0.3 is 0 Å². The lowest BCUT2D eigenvalue weighted by molar-refractivity contribution is 0.655. The lowest BCUT2D eigenvalue weighted by atomic mass is 10.3. The van der Waals surface area contributed by atoms with E-state index in [1.165, 1.54) is 0 Å². The van der Waals surface area contributed by atoms with Gasteiger partial charge in [0, 0.05) is 27.8 Å². The normalized spacial score (nSPS) is 19.3. The quantitative estimate of drug-likeness (QED) is 0.687. The maximum atomic E-state index is 11.4. The van der Waals surface area contributed by atoms with Gasteiger partial charge in [0.15, 0.2) is 0 Å². The van der Waals surface area contributed by atoms with Gasteiger partial charge in [-0.05, 0) is 13.3 Å². The molecule has 3 unspecified atom stereocenters. The third-order valence-corrected chi connectivity index (χ3v) is 3.56. The van der Waals surface area contributed by atoms with E-state index < -0.39 is 10.8 Å². The third-order valence-electron chi connectivity index (χ3n) is 1.57. The molecule has 0 aliphatic rings. The summed E-state index contributed by atoms with van der Waals surface area (Å²) in [6.45, 7) is 6.04. The molecule has 0 rings (SSSR count). The molecule has 0 aromatic heterocycles. The van der Waals surface area contributed by atoms with Gasteiger partial charge in [-0.1, -0.05) is 20.3 Å². The van der Waals surface area contributed by atoms with Gasteiger partial charge in [-0.2, -0.15) is 0 Å². The fraction of sp³-hybridized carbons (Fsp3) is 1.00. The average molecular weight is 177 g/mol. The van der Waals surface area contributed by atoms with Crippen molar-refractivity contribution in [2.24, 2.45) is 5.73 Å². The Balaban J connectivity index is 3.64. The number of hydrogen-bond donors (Lipinski definition) is 1. The predicted octanol–water partition coefficient (Wildman–Crippen LogP) is 1.27. The molecule has 0 radical (unpaired) electrons. The van der Waals surface area contributed by atoms with Crippen LogP contribution in [-0.2, 0) is 10.8 Å². The zero-order chi connectivity index (χ0) is 8.85. The second-order valence-electron chi connectivity index (χ2n) is 3.12. The van der Waals surface area contributed by atoms with Crippen LogP contribution in [0.4, 0.5) is 0 Å². The van der Waals surface area contributed by atoms with E-state index in [9.17, 15) is 4.21 Å². The van der Waals surface area contributed by atoms with E-state index in [2.05, 4.69) is 6.92 Å². The molecule has 2 N–H and O–H groups in total. The summed E-state index contributed by atoms with van der Waals surface area (Å²) in [7, 11) is -0.720. The van der Waals surface area contributed by atoms with E-state index in [-0.39, 0.29) is 6.04 Å². The topological polar surface area (TPSA) is 43.1 Å². The van der Waals surface area contributed by atoms with Crippen LogP contribution in [-0.4, -0.2) is 21.3 Å². The predicted molar refractivity (Wildman–Crippen MR) is 51.0 cm³/mol. The molecule has 0 bridgehead atoms. The Morgan fingerprint density at radius 1 is 1.45 bits per heavy atom. The fourth-order valence-electron chi connectivity index (χ4n) is 0.961. The molecule has 0 aliphatic heterocycles. The molecule has 3 heteroatoms. The summed E-state index contributed by atoms with van der Waals surface area (Å²) in [6, 6.07) is 0.0649. The van der Waals surface area contributed by atoms with Gasteiger partial charge in [0.25, 0.3) is 0 Å². The molecule has 0 saturated heterocycles. The molecule has 11 heavy (non-hydrogen) atoms. The van der Waals surface area contributed by atoms with E-state index in [1.54, 1.807) is 0 Å². The lowest BCUT2D eigenvalue weighted by Gasteiger charge is -2.11. The molecular formula is C8H19NOS. The largest absolute Gasteiger partial charge is 0.327 e. The monoisotopic (exact) mass is 177 g/mol. The Morgan fingerprint density at radius 3 is 2.36 bits per heavy atom. The van der Waals surface area contributed by atoms with Gasteiger partial charge in [0.2, 0.25) is 0 Å². The van der Waals surface area contributed by atoms with E-state index in [4.69, 9.17) is 5.73 Å². The molecule has 0 heterocycles. The Kier molecular flexibility index (Phi) is 5.78. The van der Waals surface area contributed by atoms with Crippen molar-refractivity contribution < 1.29 is 4.21 Å². The summed E-state index contributed by atoms with van der Waals surface area (Å²) in [4.78, 5) is 0. The molecule has 0 fully saturated rings. The van der Waals surface area contributed by atoms with Crippen molar-refractivity contribution in [1.82, 2.24) is 0 Å². The molecule has 68 valence electrons. The Labute approximate surface area is 72.0 Å². The van der Waals surface area contributed by atoms with Crippen LogP contribution in [0.1, 0.15) is 33.6 Å². The van der Waals surface area contributed by atoms with Gasteiger partial charge in [-0.3, -0.25) is 4.21 Å². The Hall–Kier alpha value is 0.110. The minimum absolute atomic E-state index is 0.0649. The van der Waals surface area contributed by atoms with Crippen molar-refractivity contribution in [3.05, 3.63) is 0 Å². The first-order chi connectivity index (χ1) is 5.07. The van der Waals surface area contributed by atoms with E-state index in [0.717, 1.165) is 12.8 Å². The molecular weight excluding hydrogens is 158 g/mol. The zero-order valence-corrected chi connectivity index (χ0v) is 8.49. The van der Waals surface area contributed by atoms with Crippen LogP contribution in [0.15, 0.2) is 0 Å². The van der Waals surface area contributed by atoms with Gasteiger partial charge in [0.1, 0.15) is 0 Å². The van der Waals surface area contributed by atoms with Gasteiger partial charge in [-0.25, -0.2) is 0 Å². The minimum Gasteiger partial charge on any atom is -0.327 e. The second kappa shape index (κ2) is 5.72. The Bertz CT molecular complexity index is 125. The molecule has 2 nitrogen and oxygen atoms in total. The second-order valence-corrected chi connectivity index (χ2v) is 5.02. The minimum atomic E-state index is -0.720. The van der Waals surface area contributed by atoms with Crippen LogP contribution in [0.3, 0.4) is 0 Å². The highest BCUT2D eigenvalue weighted by molar-refractivity contribution is 7.85. The van der Waals surface area contributed by atoms with Crippen LogP contribution in [0.2, 0.25) is 0 Å². The summed E-state index contributed by atoms with van der Waals surface area (Å²) in [5.41, 5.74) is 5.53. The maximum absolute atomic E-state index is 11.4. The highest BCUT2D eigenvalue weighted by Crippen LogP contribution is 2.04. The maximum Gasteiger partial charge on any atom is 0.0386 e. The Morgan fingerprint density at radius 2 is 2.00 bits per heavy atom. The summed E-state index contributed by atoms with van der Waals surface area (Å²) < 4.78 is 11.4. The van der Waals surface area contributed by atoms with Crippen molar-refractivity contribution in [2.75, 3.05) is 5.75 Å². The highest BCUT2D eigenvalue weighted by Gasteiger charge is 2.10. The van der Waals surface area contributed by atoms with Crippen LogP contribution < -0.4 is 5.73 Å². The molecule has 0 saturated carbocycles. The van der Waals surface area contributed by atoms with Crippen LogP contribution in [0.5, 0.6) is 0 Å². The number of hydrogen-bond acceptors (Lipinski definition) is 2. The molecule has 0 aromatic rings. The zero-order valence-electron chi connectivity index (χ0n) is 7.67. The third kappa shape index (κ3) is 5.39. The standard InChI is InChI=1S/C8H19NOS/c1-4-5-8(3)11(10)6-7(2)9/h7-8H,4-6,9H2,1-3H3. The van der Waals surface area contributed by atoms with Crippen LogP contribution in [0.25, 0.3) is 0 Å². The number of rotatable bonds is 5. The van der Waals surface area contributed by atoms with Crippen molar-refractivity contribution >= 4 is 10.8 Å². The highest BCUT2D eigenvalue weighted by atomic mass is 32.2. The summed E-state index contributed by atoms with van der Waals surface area (Å²) in [6.07, 6.45) is 2.14. The summed E-state index contributed by atoms with van der Waals surface area (Å²) in [5.74, 6) is 0.640. The smallest absolute Gasteiger partial charge is 0.0386 e. The van der Waals surface area contributed by atoms with Gasteiger partial charge < -0.3 is 5.73 Å². The molecule has 0 amide bonds. The SMILES string of the molecule is CCCC(C)S(=O)CC(C)N. The van der Waals surface area contributed by atoms with Crippen LogP contribution >= 0.6 is 0 Å². The van der Waals surface area contributed by atoms with Crippen molar-refractivity contribution in [2.45, 2.75) is 44.9 Å². The van der Waals surface area contributed by atoms with E-state index >= 15 is 0 Å². The molecule has 0 aliphatic carbocycles. The summed E-state index contributed by atoms with van der Waals surface area (Å²) >= 11 is 0. The fourth-order valence-corrected chi connectivity index (χ4v) is 2.31. The van der Waals surface area contributed by atoms with Crippen molar-refractivity contribution in [1.29, 1.82) is 0 Å². The van der Waals surface area contributed by atoms with Crippen molar-refractivity contribution in [3.8, 4) is 0 Å². The van der Waals surface area contributed by atoms with Gasteiger partial charge in [-0.15, -0.1) is 0 Å². The molecule has 3 atom stereocenters.